The molecular formula is C19H24N2O2. The molecule has 1 aliphatic heterocycles. The van der Waals surface area contributed by atoms with Crippen molar-refractivity contribution >= 4 is 17.9 Å². The molecule has 0 radical (unpaired) electrons. The maximum absolute atomic E-state index is 12.9. The molecule has 1 saturated heterocycles. The van der Waals surface area contributed by atoms with Crippen molar-refractivity contribution < 1.29 is 9.59 Å². The first-order valence-corrected chi connectivity index (χ1v) is 8.32. The minimum Gasteiger partial charge on any atom is -0.343 e. The van der Waals surface area contributed by atoms with Crippen molar-refractivity contribution in [3.8, 4) is 0 Å². The van der Waals surface area contributed by atoms with Crippen molar-refractivity contribution in [1.82, 2.24) is 9.80 Å². The number of fused-ring (bicyclic) bond motifs is 1. The van der Waals surface area contributed by atoms with Crippen LogP contribution in [0, 0.1) is 0 Å². The van der Waals surface area contributed by atoms with E-state index in [-0.39, 0.29) is 23.8 Å². The van der Waals surface area contributed by atoms with E-state index in [1.807, 2.05) is 30.2 Å². The Balaban J connectivity index is 1.66. The van der Waals surface area contributed by atoms with Crippen LogP contribution in [0.3, 0.4) is 0 Å². The number of carbonyl (C=O) groups is 2. The smallest absolute Gasteiger partial charge is 0.250 e. The van der Waals surface area contributed by atoms with Gasteiger partial charge in [0.1, 0.15) is 0 Å². The molecule has 1 aliphatic carbocycles. The minimum absolute atomic E-state index is 0.0948. The monoisotopic (exact) mass is 312 g/mol. The SMILES string of the molecule is CC(=O)N(C)C1CCN(C(=O)C2=Cc3ccccc3[C@@H]2C)CC1. The molecule has 3 rings (SSSR count). The Bertz CT molecular complexity index is 657. The van der Waals surface area contributed by atoms with Crippen LogP contribution in [-0.2, 0) is 9.59 Å². The van der Waals surface area contributed by atoms with Gasteiger partial charge >= 0.3 is 0 Å². The summed E-state index contributed by atoms with van der Waals surface area (Å²) >= 11 is 0. The van der Waals surface area contributed by atoms with Gasteiger partial charge in [0.05, 0.1) is 0 Å². The quantitative estimate of drug-likeness (QED) is 0.842. The topological polar surface area (TPSA) is 40.6 Å². The van der Waals surface area contributed by atoms with Crippen LogP contribution in [0.5, 0.6) is 0 Å². The van der Waals surface area contributed by atoms with Gasteiger partial charge in [-0.1, -0.05) is 31.2 Å². The zero-order valence-corrected chi connectivity index (χ0v) is 14.1. The van der Waals surface area contributed by atoms with Crippen LogP contribution in [0.15, 0.2) is 29.8 Å². The standard InChI is InChI=1S/C19H24N2O2/c1-13-17-7-5-4-6-15(17)12-18(13)19(23)21-10-8-16(9-11-21)20(3)14(2)22/h4-7,12-13,16H,8-11H2,1-3H3/t13-/m0/s1. The Morgan fingerprint density at radius 1 is 1.17 bits per heavy atom. The van der Waals surface area contributed by atoms with Gasteiger partial charge in [0.25, 0.3) is 0 Å². The number of piperidine rings is 1. The van der Waals surface area contributed by atoms with Crippen LogP contribution in [-0.4, -0.2) is 47.8 Å². The van der Waals surface area contributed by atoms with Gasteiger partial charge in [0, 0.05) is 44.6 Å². The number of rotatable bonds is 2. The van der Waals surface area contributed by atoms with E-state index in [1.165, 1.54) is 5.56 Å². The molecule has 0 unspecified atom stereocenters. The lowest BCUT2D eigenvalue weighted by Crippen LogP contribution is -2.47. The van der Waals surface area contributed by atoms with Crippen molar-refractivity contribution in [2.24, 2.45) is 0 Å². The van der Waals surface area contributed by atoms with Gasteiger partial charge in [-0.3, -0.25) is 9.59 Å². The molecule has 0 N–H and O–H groups in total. The number of hydrogen-bond donors (Lipinski definition) is 0. The predicted molar refractivity (Wildman–Crippen MR) is 90.9 cm³/mol. The molecule has 4 heteroatoms. The van der Waals surface area contributed by atoms with Gasteiger partial charge in [0.2, 0.25) is 11.8 Å². The summed E-state index contributed by atoms with van der Waals surface area (Å²) in [4.78, 5) is 28.1. The summed E-state index contributed by atoms with van der Waals surface area (Å²) in [5.41, 5.74) is 3.29. The van der Waals surface area contributed by atoms with Gasteiger partial charge in [-0.15, -0.1) is 0 Å². The molecule has 2 amide bonds. The second kappa shape index (κ2) is 6.19. The Kier molecular flexibility index (Phi) is 4.24. The maximum Gasteiger partial charge on any atom is 0.250 e. The fourth-order valence-electron chi connectivity index (χ4n) is 3.64. The highest BCUT2D eigenvalue weighted by molar-refractivity contribution is 6.01. The average molecular weight is 312 g/mol. The summed E-state index contributed by atoms with van der Waals surface area (Å²) < 4.78 is 0. The highest BCUT2D eigenvalue weighted by atomic mass is 16.2. The predicted octanol–water partition coefficient (Wildman–Crippen LogP) is 2.66. The Morgan fingerprint density at radius 2 is 1.83 bits per heavy atom. The number of carbonyl (C=O) groups excluding carboxylic acids is 2. The number of amides is 2. The maximum atomic E-state index is 12.9. The summed E-state index contributed by atoms with van der Waals surface area (Å²) in [6, 6.07) is 8.46. The Hall–Kier alpha value is -2.10. The molecule has 1 fully saturated rings. The van der Waals surface area contributed by atoms with E-state index >= 15 is 0 Å². The molecule has 122 valence electrons. The summed E-state index contributed by atoms with van der Waals surface area (Å²) in [7, 11) is 1.85. The molecule has 1 heterocycles. The molecule has 2 aliphatic rings. The second-order valence-corrected chi connectivity index (χ2v) is 6.60. The van der Waals surface area contributed by atoms with Gasteiger partial charge in [0.15, 0.2) is 0 Å². The second-order valence-electron chi connectivity index (χ2n) is 6.60. The highest BCUT2D eigenvalue weighted by Gasteiger charge is 2.32. The molecule has 0 saturated carbocycles. The normalized spacial score (nSPS) is 20.9. The third-order valence-electron chi connectivity index (χ3n) is 5.28. The lowest BCUT2D eigenvalue weighted by Gasteiger charge is -2.37. The summed E-state index contributed by atoms with van der Waals surface area (Å²) in [5, 5.41) is 0. The molecule has 0 spiro atoms. The Labute approximate surface area is 137 Å². The molecule has 0 aromatic heterocycles. The lowest BCUT2D eigenvalue weighted by molar-refractivity contribution is -0.132. The van der Waals surface area contributed by atoms with Crippen LogP contribution < -0.4 is 0 Å². The number of benzene rings is 1. The van der Waals surface area contributed by atoms with Gasteiger partial charge in [-0.25, -0.2) is 0 Å². The van der Waals surface area contributed by atoms with Crippen LogP contribution >= 0.6 is 0 Å². The summed E-state index contributed by atoms with van der Waals surface area (Å²) in [6.07, 6.45) is 3.75. The van der Waals surface area contributed by atoms with E-state index in [2.05, 4.69) is 19.1 Å². The van der Waals surface area contributed by atoms with Crippen molar-refractivity contribution in [3.05, 3.63) is 41.0 Å². The number of likely N-dealkylation sites (tertiary alicyclic amines) is 1. The highest BCUT2D eigenvalue weighted by Crippen LogP contribution is 2.37. The fourth-order valence-corrected chi connectivity index (χ4v) is 3.64. The lowest BCUT2D eigenvalue weighted by atomic mass is 9.96. The van der Waals surface area contributed by atoms with E-state index in [0.29, 0.717) is 0 Å². The van der Waals surface area contributed by atoms with Gasteiger partial charge in [-0.05, 0) is 30.0 Å². The minimum atomic E-state index is 0.0948. The zero-order valence-electron chi connectivity index (χ0n) is 14.1. The Morgan fingerprint density at radius 3 is 2.43 bits per heavy atom. The van der Waals surface area contributed by atoms with E-state index < -0.39 is 0 Å². The number of hydrogen-bond acceptors (Lipinski definition) is 2. The van der Waals surface area contributed by atoms with Crippen LogP contribution in [0.25, 0.3) is 6.08 Å². The average Bonchev–Trinajstić information content (AvgIpc) is 2.91. The largest absolute Gasteiger partial charge is 0.343 e. The van der Waals surface area contributed by atoms with E-state index in [1.54, 1.807) is 11.8 Å². The molecule has 23 heavy (non-hydrogen) atoms. The van der Waals surface area contributed by atoms with Crippen LogP contribution in [0.2, 0.25) is 0 Å². The summed E-state index contributed by atoms with van der Waals surface area (Å²) in [5.74, 6) is 0.409. The number of nitrogens with zero attached hydrogens (tertiary/aromatic N) is 2. The zero-order chi connectivity index (χ0) is 16.6. The van der Waals surface area contributed by atoms with Crippen LogP contribution in [0.1, 0.15) is 43.7 Å². The molecule has 1 atom stereocenters. The van der Waals surface area contributed by atoms with Crippen molar-refractivity contribution in [2.45, 2.75) is 38.6 Å². The molecule has 4 nitrogen and oxygen atoms in total. The first-order chi connectivity index (χ1) is 11.0. The third-order valence-corrected chi connectivity index (χ3v) is 5.28. The van der Waals surface area contributed by atoms with Gasteiger partial charge in [-0.2, -0.15) is 0 Å². The molecule has 1 aromatic rings. The first kappa shape index (κ1) is 15.8. The van der Waals surface area contributed by atoms with E-state index in [9.17, 15) is 9.59 Å². The van der Waals surface area contributed by atoms with Crippen molar-refractivity contribution in [3.63, 3.8) is 0 Å². The summed E-state index contributed by atoms with van der Waals surface area (Å²) in [6.45, 7) is 5.15. The van der Waals surface area contributed by atoms with Crippen molar-refractivity contribution in [2.75, 3.05) is 20.1 Å². The third kappa shape index (κ3) is 2.90. The van der Waals surface area contributed by atoms with E-state index in [4.69, 9.17) is 0 Å². The van der Waals surface area contributed by atoms with E-state index in [0.717, 1.165) is 37.1 Å². The van der Waals surface area contributed by atoms with Crippen molar-refractivity contribution in [1.29, 1.82) is 0 Å². The molecule has 1 aromatic carbocycles. The fraction of sp³-hybridized carbons (Fsp3) is 0.474. The molecular weight excluding hydrogens is 288 g/mol. The molecule has 0 bridgehead atoms. The van der Waals surface area contributed by atoms with Gasteiger partial charge < -0.3 is 9.80 Å². The first-order valence-electron chi connectivity index (χ1n) is 8.32. The van der Waals surface area contributed by atoms with Crippen LogP contribution in [0.4, 0.5) is 0 Å².